The zero-order valence-corrected chi connectivity index (χ0v) is 12.0. The Labute approximate surface area is 110 Å². The second-order valence-corrected chi connectivity index (χ2v) is 5.47. The molecule has 1 unspecified atom stereocenters. The molecular weight excluding hydrogens is 232 g/mol. The van der Waals surface area contributed by atoms with Crippen LogP contribution in [0.1, 0.15) is 27.7 Å². The summed E-state index contributed by atoms with van der Waals surface area (Å²) < 4.78 is 10.8. The van der Waals surface area contributed by atoms with Crippen molar-refractivity contribution >= 4 is 5.97 Å². The third-order valence-corrected chi connectivity index (χ3v) is 2.83. The van der Waals surface area contributed by atoms with Crippen LogP contribution in [0.15, 0.2) is 0 Å². The SMILES string of the molecule is CCOC(=O)C1CNCCN1CCOC(C)(C)C. The Bertz CT molecular complexity index is 263. The molecule has 1 saturated heterocycles. The van der Waals surface area contributed by atoms with Gasteiger partial charge in [-0.3, -0.25) is 9.69 Å². The molecule has 0 aromatic carbocycles. The molecule has 0 amide bonds. The lowest BCUT2D eigenvalue weighted by molar-refractivity contribution is -0.150. The molecule has 0 spiro atoms. The van der Waals surface area contributed by atoms with Crippen molar-refractivity contribution in [3.8, 4) is 0 Å². The highest BCUT2D eigenvalue weighted by Crippen LogP contribution is 2.09. The summed E-state index contributed by atoms with van der Waals surface area (Å²) in [6.45, 7) is 12.2. The van der Waals surface area contributed by atoms with Crippen LogP contribution in [0.25, 0.3) is 0 Å². The van der Waals surface area contributed by atoms with Crippen molar-refractivity contribution in [2.75, 3.05) is 39.4 Å². The fourth-order valence-electron chi connectivity index (χ4n) is 1.95. The first-order valence-corrected chi connectivity index (χ1v) is 6.69. The minimum Gasteiger partial charge on any atom is -0.465 e. The lowest BCUT2D eigenvalue weighted by Gasteiger charge is -2.35. The number of piperazine rings is 1. The van der Waals surface area contributed by atoms with Crippen molar-refractivity contribution in [2.45, 2.75) is 39.3 Å². The van der Waals surface area contributed by atoms with Gasteiger partial charge in [-0.15, -0.1) is 0 Å². The number of hydrogen-bond donors (Lipinski definition) is 1. The third-order valence-electron chi connectivity index (χ3n) is 2.83. The normalized spacial score (nSPS) is 21.9. The molecule has 0 radical (unpaired) electrons. The van der Waals surface area contributed by atoms with Crippen LogP contribution in [0, 0.1) is 0 Å². The van der Waals surface area contributed by atoms with Crippen molar-refractivity contribution in [2.24, 2.45) is 0 Å². The molecule has 0 aromatic heterocycles. The second-order valence-electron chi connectivity index (χ2n) is 5.47. The van der Waals surface area contributed by atoms with Crippen molar-refractivity contribution in [3.05, 3.63) is 0 Å². The molecule has 5 heteroatoms. The largest absolute Gasteiger partial charge is 0.465 e. The zero-order valence-electron chi connectivity index (χ0n) is 12.0. The molecule has 0 aromatic rings. The van der Waals surface area contributed by atoms with Gasteiger partial charge in [0.25, 0.3) is 0 Å². The van der Waals surface area contributed by atoms with E-state index in [9.17, 15) is 4.79 Å². The Morgan fingerprint density at radius 2 is 2.17 bits per heavy atom. The molecular formula is C13H26N2O3. The van der Waals surface area contributed by atoms with Crippen molar-refractivity contribution in [1.82, 2.24) is 10.2 Å². The minimum absolute atomic E-state index is 0.131. The highest BCUT2D eigenvalue weighted by Gasteiger charge is 2.29. The quantitative estimate of drug-likeness (QED) is 0.733. The van der Waals surface area contributed by atoms with Gasteiger partial charge < -0.3 is 14.8 Å². The maximum absolute atomic E-state index is 11.8. The summed E-state index contributed by atoms with van der Waals surface area (Å²) in [5, 5.41) is 3.23. The summed E-state index contributed by atoms with van der Waals surface area (Å²) in [5.41, 5.74) is -0.131. The Hall–Kier alpha value is -0.650. The first-order chi connectivity index (χ1) is 8.44. The van der Waals surface area contributed by atoms with Gasteiger partial charge in [0.15, 0.2) is 0 Å². The fraction of sp³-hybridized carbons (Fsp3) is 0.923. The molecule has 18 heavy (non-hydrogen) atoms. The predicted molar refractivity (Wildman–Crippen MR) is 70.6 cm³/mol. The molecule has 5 nitrogen and oxygen atoms in total. The highest BCUT2D eigenvalue weighted by atomic mass is 16.5. The summed E-state index contributed by atoms with van der Waals surface area (Å²) in [7, 11) is 0. The van der Waals surface area contributed by atoms with Gasteiger partial charge in [0.1, 0.15) is 6.04 Å². The van der Waals surface area contributed by atoms with E-state index in [1.54, 1.807) is 0 Å². The van der Waals surface area contributed by atoms with Gasteiger partial charge in [0.2, 0.25) is 0 Å². The molecule has 0 saturated carbocycles. The molecule has 0 bridgehead atoms. The molecule has 1 aliphatic heterocycles. The van der Waals surface area contributed by atoms with E-state index in [2.05, 4.69) is 10.2 Å². The molecule has 1 heterocycles. The first-order valence-electron chi connectivity index (χ1n) is 6.69. The average Bonchev–Trinajstić information content (AvgIpc) is 2.28. The summed E-state index contributed by atoms with van der Waals surface area (Å²) in [4.78, 5) is 14.0. The Kier molecular flexibility index (Phi) is 6.05. The second kappa shape index (κ2) is 7.07. The number of carbonyl (C=O) groups excluding carboxylic acids is 1. The molecule has 1 atom stereocenters. The van der Waals surface area contributed by atoms with Gasteiger partial charge in [-0.25, -0.2) is 0 Å². The topological polar surface area (TPSA) is 50.8 Å². The van der Waals surface area contributed by atoms with Gasteiger partial charge in [0, 0.05) is 26.2 Å². The number of esters is 1. The lowest BCUT2D eigenvalue weighted by Crippen LogP contribution is -2.56. The van der Waals surface area contributed by atoms with E-state index in [0.29, 0.717) is 19.8 Å². The van der Waals surface area contributed by atoms with Crippen LogP contribution in [0.4, 0.5) is 0 Å². The Morgan fingerprint density at radius 3 is 2.78 bits per heavy atom. The molecule has 1 rings (SSSR count). The first kappa shape index (κ1) is 15.4. The number of hydrogen-bond acceptors (Lipinski definition) is 5. The molecule has 1 N–H and O–H groups in total. The molecule has 1 aliphatic rings. The van der Waals surface area contributed by atoms with Crippen molar-refractivity contribution in [1.29, 1.82) is 0 Å². The predicted octanol–water partition coefficient (Wildman–Crippen LogP) is 0.638. The van der Waals surface area contributed by atoms with Gasteiger partial charge >= 0.3 is 5.97 Å². The fourth-order valence-corrected chi connectivity index (χ4v) is 1.95. The monoisotopic (exact) mass is 258 g/mol. The van der Waals surface area contributed by atoms with E-state index in [0.717, 1.165) is 19.6 Å². The smallest absolute Gasteiger partial charge is 0.324 e. The minimum atomic E-state index is -0.178. The maximum Gasteiger partial charge on any atom is 0.324 e. The van der Waals surface area contributed by atoms with Crippen LogP contribution in [0.2, 0.25) is 0 Å². The van der Waals surface area contributed by atoms with Crippen molar-refractivity contribution < 1.29 is 14.3 Å². The van der Waals surface area contributed by atoms with E-state index >= 15 is 0 Å². The van der Waals surface area contributed by atoms with Gasteiger partial charge in [-0.2, -0.15) is 0 Å². The third kappa shape index (κ3) is 5.33. The average molecular weight is 258 g/mol. The maximum atomic E-state index is 11.8. The Morgan fingerprint density at radius 1 is 1.44 bits per heavy atom. The van der Waals surface area contributed by atoms with Gasteiger partial charge in [-0.1, -0.05) is 0 Å². The van der Waals surface area contributed by atoms with Gasteiger partial charge in [-0.05, 0) is 27.7 Å². The summed E-state index contributed by atoms with van der Waals surface area (Å²) >= 11 is 0. The van der Waals surface area contributed by atoms with Crippen LogP contribution >= 0.6 is 0 Å². The van der Waals surface area contributed by atoms with Crippen LogP contribution in [0.5, 0.6) is 0 Å². The number of nitrogens with zero attached hydrogens (tertiary/aromatic N) is 1. The number of nitrogens with one attached hydrogen (secondary N) is 1. The van der Waals surface area contributed by atoms with E-state index in [-0.39, 0.29) is 17.6 Å². The summed E-state index contributed by atoms with van der Waals surface area (Å²) in [5.74, 6) is -0.138. The van der Waals surface area contributed by atoms with Crippen LogP contribution in [-0.4, -0.2) is 61.9 Å². The standard InChI is InChI=1S/C13H26N2O3/c1-5-17-12(16)11-10-14-6-7-15(11)8-9-18-13(2,3)4/h11,14H,5-10H2,1-4H3. The molecule has 1 fully saturated rings. The van der Waals surface area contributed by atoms with Crippen LogP contribution in [-0.2, 0) is 14.3 Å². The number of ether oxygens (including phenoxy) is 2. The van der Waals surface area contributed by atoms with Gasteiger partial charge in [0.05, 0.1) is 18.8 Å². The zero-order chi connectivity index (χ0) is 13.6. The highest BCUT2D eigenvalue weighted by molar-refractivity contribution is 5.76. The lowest BCUT2D eigenvalue weighted by atomic mass is 10.2. The van der Waals surface area contributed by atoms with E-state index in [1.807, 2.05) is 27.7 Å². The summed E-state index contributed by atoms with van der Waals surface area (Å²) in [6.07, 6.45) is 0. The van der Waals surface area contributed by atoms with E-state index in [4.69, 9.17) is 9.47 Å². The Balaban J connectivity index is 2.42. The molecule has 0 aliphatic carbocycles. The van der Waals surface area contributed by atoms with E-state index < -0.39 is 0 Å². The van der Waals surface area contributed by atoms with E-state index in [1.165, 1.54) is 0 Å². The number of rotatable bonds is 5. The van der Waals surface area contributed by atoms with Crippen LogP contribution < -0.4 is 5.32 Å². The summed E-state index contributed by atoms with van der Waals surface area (Å²) in [6, 6.07) is -0.178. The molecule has 106 valence electrons. The van der Waals surface area contributed by atoms with Crippen LogP contribution in [0.3, 0.4) is 0 Å². The van der Waals surface area contributed by atoms with Crippen molar-refractivity contribution in [3.63, 3.8) is 0 Å². The number of carbonyl (C=O) groups is 1.